The Morgan fingerprint density at radius 2 is 2.11 bits per heavy atom. The monoisotopic (exact) mass is 326 g/mol. The molecular weight excluding hydrogens is 308 g/mol. The minimum Gasteiger partial charge on any atom is -0.398 e. The van der Waals surface area contributed by atoms with E-state index in [2.05, 4.69) is 21.2 Å². The molecule has 1 saturated carbocycles. The summed E-state index contributed by atoms with van der Waals surface area (Å²) >= 11 is 3.34. The SMILES string of the molecule is Cc1c(N)cc(Br)cc1C(=O)N[C@H]1CCCC[C@@H]1O. The number of amides is 1. The minimum absolute atomic E-state index is 0.152. The zero-order chi connectivity index (χ0) is 14.0. The van der Waals surface area contributed by atoms with Gasteiger partial charge in [-0.2, -0.15) is 0 Å². The van der Waals surface area contributed by atoms with Gasteiger partial charge in [0.2, 0.25) is 0 Å². The maximum atomic E-state index is 12.3. The second-order valence-corrected chi connectivity index (χ2v) is 6.02. The van der Waals surface area contributed by atoms with Gasteiger partial charge in [0.05, 0.1) is 12.1 Å². The molecule has 0 aromatic heterocycles. The summed E-state index contributed by atoms with van der Waals surface area (Å²) in [5.74, 6) is -0.170. The Morgan fingerprint density at radius 1 is 1.42 bits per heavy atom. The highest BCUT2D eigenvalue weighted by molar-refractivity contribution is 9.10. The minimum atomic E-state index is -0.442. The number of hydrogen-bond acceptors (Lipinski definition) is 3. The molecule has 0 aliphatic heterocycles. The first-order valence-corrected chi connectivity index (χ1v) is 7.33. The van der Waals surface area contributed by atoms with Crippen LogP contribution in [0, 0.1) is 6.92 Å². The molecule has 2 rings (SSSR count). The van der Waals surface area contributed by atoms with Gasteiger partial charge in [0.25, 0.3) is 5.91 Å². The van der Waals surface area contributed by atoms with Gasteiger partial charge in [0.1, 0.15) is 0 Å². The predicted octanol–water partition coefficient (Wildman–Crippen LogP) is 2.37. The second kappa shape index (κ2) is 5.92. The number of halogens is 1. The van der Waals surface area contributed by atoms with Crippen molar-refractivity contribution in [2.45, 2.75) is 44.8 Å². The Kier molecular flexibility index (Phi) is 4.47. The lowest BCUT2D eigenvalue weighted by Crippen LogP contribution is -2.45. The summed E-state index contributed by atoms with van der Waals surface area (Å²) in [6.45, 7) is 1.83. The maximum absolute atomic E-state index is 12.3. The van der Waals surface area contributed by atoms with E-state index in [-0.39, 0.29) is 11.9 Å². The van der Waals surface area contributed by atoms with Crippen LogP contribution in [-0.2, 0) is 0 Å². The van der Waals surface area contributed by atoms with Crippen LogP contribution in [0.15, 0.2) is 16.6 Å². The third kappa shape index (κ3) is 3.28. The van der Waals surface area contributed by atoms with E-state index in [9.17, 15) is 9.90 Å². The van der Waals surface area contributed by atoms with E-state index in [1.165, 1.54) is 0 Å². The number of anilines is 1. The standard InChI is InChI=1S/C14H19BrN2O2/c1-8-10(6-9(15)7-11(8)16)14(19)17-12-4-2-3-5-13(12)18/h6-7,12-13,18H,2-5,16H2,1H3,(H,17,19)/t12-,13-/m0/s1. The van der Waals surface area contributed by atoms with Crippen LogP contribution in [0.4, 0.5) is 5.69 Å². The Hall–Kier alpha value is -1.07. The first kappa shape index (κ1) is 14.3. The third-order valence-electron chi connectivity index (χ3n) is 3.70. The van der Waals surface area contributed by atoms with Gasteiger partial charge in [-0.3, -0.25) is 4.79 Å². The molecule has 0 radical (unpaired) electrons. The molecule has 5 heteroatoms. The van der Waals surface area contributed by atoms with Crippen molar-refractivity contribution in [2.75, 3.05) is 5.73 Å². The average Bonchev–Trinajstić information content (AvgIpc) is 2.36. The highest BCUT2D eigenvalue weighted by Crippen LogP contribution is 2.24. The van der Waals surface area contributed by atoms with Crippen LogP contribution in [0.25, 0.3) is 0 Å². The lowest BCUT2D eigenvalue weighted by Gasteiger charge is -2.28. The fraction of sp³-hybridized carbons (Fsp3) is 0.500. The van der Waals surface area contributed by atoms with Crippen LogP contribution in [-0.4, -0.2) is 23.2 Å². The van der Waals surface area contributed by atoms with Gasteiger partial charge in [-0.15, -0.1) is 0 Å². The normalized spacial score (nSPS) is 23.1. The van der Waals surface area contributed by atoms with Crippen LogP contribution in [0.2, 0.25) is 0 Å². The third-order valence-corrected chi connectivity index (χ3v) is 4.16. The van der Waals surface area contributed by atoms with Crippen molar-refractivity contribution in [3.63, 3.8) is 0 Å². The topological polar surface area (TPSA) is 75.4 Å². The van der Waals surface area contributed by atoms with Crippen molar-refractivity contribution >= 4 is 27.5 Å². The molecular formula is C14H19BrN2O2. The molecule has 4 nitrogen and oxygen atoms in total. The Bertz CT molecular complexity index is 491. The summed E-state index contributed by atoms with van der Waals surface area (Å²) in [6.07, 6.45) is 3.21. The molecule has 4 N–H and O–H groups in total. The zero-order valence-corrected chi connectivity index (χ0v) is 12.5. The molecule has 1 fully saturated rings. The number of nitrogen functional groups attached to an aromatic ring is 1. The molecule has 0 saturated heterocycles. The molecule has 0 bridgehead atoms. The average molecular weight is 327 g/mol. The van der Waals surface area contributed by atoms with Crippen molar-refractivity contribution in [3.05, 3.63) is 27.7 Å². The largest absolute Gasteiger partial charge is 0.398 e. The first-order chi connectivity index (χ1) is 8.99. The van der Waals surface area contributed by atoms with Crippen LogP contribution in [0.1, 0.15) is 41.6 Å². The number of hydrogen-bond donors (Lipinski definition) is 3. The number of nitrogens with one attached hydrogen (secondary N) is 1. The van der Waals surface area contributed by atoms with E-state index in [1.54, 1.807) is 12.1 Å². The highest BCUT2D eigenvalue weighted by atomic mass is 79.9. The van der Waals surface area contributed by atoms with Gasteiger partial charge in [-0.1, -0.05) is 28.8 Å². The molecule has 19 heavy (non-hydrogen) atoms. The summed E-state index contributed by atoms with van der Waals surface area (Å²) in [5.41, 5.74) is 7.78. The van der Waals surface area contributed by atoms with Gasteiger partial charge in [0.15, 0.2) is 0 Å². The van der Waals surface area contributed by atoms with E-state index < -0.39 is 6.10 Å². The second-order valence-electron chi connectivity index (χ2n) is 5.10. The Labute approximate surface area is 121 Å². The molecule has 2 atom stereocenters. The van der Waals surface area contributed by atoms with Crippen molar-refractivity contribution in [3.8, 4) is 0 Å². The number of aliphatic hydroxyl groups is 1. The number of rotatable bonds is 2. The Morgan fingerprint density at radius 3 is 2.79 bits per heavy atom. The fourth-order valence-electron chi connectivity index (χ4n) is 2.46. The van der Waals surface area contributed by atoms with E-state index >= 15 is 0 Å². The van der Waals surface area contributed by atoms with Gasteiger partial charge in [0, 0.05) is 15.7 Å². The highest BCUT2D eigenvalue weighted by Gasteiger charge is 2.25. The van der Waals surface area contributed by atoms with Crippen molar-refractivity contribution in [2.24, 2.45) is 0 Å². The molecule has 1 aromatic carbocycles. The molecule has 1 aliphatic carbocycles. The van der Waals surface area contributed by atoms with E-state index in [0.717, 1.165) is 35.7 Å². The number of benzene rings is 1. The molecule has 0 heterocycles. The fourth-order valence-corrected chi connectivity index (χ4v) is 2.94. The zero-order valence-electron chi connectivity index (χ0n) is 10.9. The molecule has 1 amide bonds. The van der Waals surface area contributed by atoms with Crippen LogP contribution < -0.4 is 11.1 Å². The molecule has 1 aliphatic rings. The lowest BCUT2D eigenvalue weighted by molar-refractivity contribution is 0.0717. The van der Waals surface area contributed by atoms with Gasteiger partial charge in [-0.05, 0) is 37.5 Å². The molecule has 0 spiro atoms. The van der Waals surface area contributed by atoms with Gasteiger partial charge >= 0.3 is 0 Å². The lowest BCUT2D eigenvalue weighted by atomic mass is 9.92. The van der Waals surface area contributed by atoms with Crippen molar-refractivity contribution < 1.29 is 9.90 Å². The van der Waals surface area contributed by atoms with E-state index in [1.807, 2.05) is 6.92 Å². The van der Waals surface area contributed by atoms with Crippen LogP contribution in [0.5, 0.6) is 0 Å². The number of aliphatic hydroxyl groups excluding tert-OH is 1. The summed E-state index contributed by atoms with van der Waals surface area (Å²) < 4.78 is 0.782. The van der Waals surface area contributed by atoms with E-state index in [0.29, 0.717) is 11.3 Å². The summed E-state index contributed by atoms with van der Waals surface area (Å²) in [5, 5.41) is 12.8. The quantitative estimate of drug-likeness (QED) is 0.730. The molecule has 0 unspecified atom stereocenters. The number of nitrogens with two attached hydrogens (primary N) is 1. The summed E-state index contributed by atoms with van der Waals surface area (Å²) in [7, 11) is 0. The Balaban J connectivity index is 2.15. The number of carbonyl (C=O) groups is 1. The molecule has 104 valence electrons. The predicted molar refractivity (Wildman–Crippen MR) is 79.0 cm³/mol. The summed E-state index contributed by atoms with van der Waals surface area (Å²) in [4.78, 5) is 12.3. The van der Waals surface area contributed by atoms with Crippen molar-refractivity contribution in [1.29, 1.82) is 0 Å². The van der Waals surface area contributed by atoms with Crippen LogP contribution >= 0.6 is 15.9 Å². The van der Waals surface area contributed by atoms with E-state index in [4.69, 9.17) is 5.73 Å². The first-order valence-electron chi connectivity index (χ1n) is 6.53. The van der Waals surface area contributed by atoms with Gasteiger partial charge in [-0.25, -0.2) is 0 Å². The maximum Gasteiger partial charge on any atom is 0.251 e. The number of carbonyl (C=O) groups excluding carboxylic acids is 1. The van der Waals surface area contributed by atoms with Gasteiger partial charge < -0.3 is 16.2 Å². The van der Waals surface area contributed by atoms with Crippen molar-refractivity contribution in [1.82, 2.24) is 5.32 Å². The molecule has 1 aromatic rings. The van der Waals surface area contributed by atoms with Crippen LogP contribution in [0.3, 0.4) is 0 Å². The summed E-state index contributed by atoms with van der Waals surface area (Å²) in [6, 6.07) is 3.39. The smallest absolute Gasteiger partial charge is 0.251 e.